The topological polar surface area (TPSA) is 309 Å². The summed E-state index contributed by atoms with van der Waals surface area (Å²) < 4.78 is 27.3. The second-order valence-corrected chi connectivity index (χ2v) is 20.4. The van der Waals surface area contributed by atoms with Crippen LogP contribution in [0.2, 0.25) is 0 Å². The molecule has 1 saturated heterocycles. The van der Waals surface area contributed by atoms with Gasteiger partial charge in [-0.2, -0.15) is 0 Å². The Kier molecular flexibility index (Phi) is 39.7. The molecule has 0 aromatic carbocycles. The van der Waals surface area contributed by atoms with Crippen molar-refractivity contribution < 1.29 is 77.7 Å². The molecular formula is C55H100N4O16. The fraction of sp³-hybridized carbons (Fsp3) is 0.873. The van der Waals surface area contributed by atoms with E-state index in [1.54, 1.807) is 0 Å². The number of unbranched alkanes of at least 4 members (excludes halogenated alkanes) is 24. The Balaban J connectivity index is 2.76. The molecule has 20 heteroatoms. The second-order valence-electron chi connectivity index (χ2n) is 20.4. The lowest BCUT2D eigenvalue weighted by atomic mass is 9.96. The monoisotopic (exact) mass is 1070 g/mol. The number of hydrogen-bond acceptors (Lipinski definition) is 16. The number of ether oxygens (including phenoxy) is 5. The number of carbonyl (C=O) groups excluding carboxylic acids is 7. The van der Waals surface area contributed by atoms with Crippen molar-refractivity contribution in [3.63, 3.8) is 0 Å². The first kappa shape index (κ1) is 69.1. The molecule has 0 bridgehead atoms. The van der Waals surface area contributed by atoms with E-state index in [0.29, 0.717) is 12.8 Å². The molecule has 10 atom stereocenters. The van der Waals surface area contributed by atoms with E-state index in [9.17, 15) is 54.0 Å². The summed E-state index contributed by atoms with van der Waals surface area (Å²) in [4.78, 5) is 89.6. The molecule has 9 N–H and O–H groups in total. The van der Waals surface area contributed by atoms with Gasteiger partial charge < -0.3 is 65.8 Å². The molecular weight excluding hydrogens is 973 g/mol. The van der Waals surface area contributed by atoms with Gasteiger partial charge in [0.05, 0.1) is 12.7 Å². The summed E-state index contributed by atoms with van der Waals surface area (Å²) in [5.74, 6) is -5.55. The number of aliphatic hydroxyl groups excluding tert-OH is 4. The number of nitrogens with one attached hydrogen (secondary N) is 3. The van der Waals surface area contributed by atoms with E-state index >= 15 is 0 Å². The predicted molar refractivity (Wildman–Crippen MR) is 282 cm³/mol. The predicted octanol–water partition coefficient (Wildman–Crippen LogP) is 5.91. The van der Waals surface area contributed by atoms with Crippen LogP contribution >= 0.6 is 0 Å². The lowest BCUT2D eigenvalue weighted by molar-refractivity contribution is -0.266. The molecule has 20 nitrogen and oxygen atoms in total. The van der Waals surface area contributed by atoms with Crippen molar-refractivity contribution in [1.82, 2.24) is 16.0 Å². The van der Waals surface area contributed by atoms with Crippen molar-refractivity contribution in [3.05, 3.63) is 0 Å². The highest BCUT2D eigenvalue weighted by molar-refractivity contribution is 5.93. The van der Waals surface area contributed by atoms with Crippen LogP contribution in [0.1, 0.15) is 227 Å². The standard InChI is InChI=1S/C55H100N4O16/c1-6-8-10-12-14-16-18-20-22-24-26-28-30-32-45(63)71-37-42(74-47(65)33-31-29-27-25-23-21-19-17-15-13-11-9-7-2)38-72-46(64)35-34-43(52(56)67)58-54(69)48(39(3)61)59-53(68)40(4)73-51-49(57-41(5)62)55(70)75-44(36-60)50(51)66/h39-40,42-44,48-51,55,60-61,66,70H,6-38H2,1-5H3,(H2,56,67)(H,57,62)(H,58,69)(H,59,68)/t39-,40-,42-,43-,44-,48+,49-,50-,51-,55?/m1/s1. The van der Waals surface area contributed by atoms with Gasteiger partial charge in [-0.15, -0.1) is 0 Å². The van der Waals surface area contributed by atoms with Gasteiger partial charge in [0.1, 0.15) is 55.8 Å². The largest absolute Gasteiger partial charge is 0.462 e. The van der Waals surface area contributed by atoms with Gasteiger partial charge in [-0.1, -0.05) is 168 Å². The van der Waals surface area contributed by atoms with Gasteiger partial charge in [-0.05, 0) is 33.1 Å². The number of rotatable bonds is 46. The van der Waals surface area contributed by atoms with Crippen molar-refractivity contribution in [3.8, 4) is 0 Å². The summed E-state index contributed by atoms with van der Waals surface area (Å²) in [5.41, 5.74) is 5.56. The fourth-order valence-corrected chi connectivity index (χ4v) is 8.87. The van der Waals surface area contributed by atoms with Gasteiger partial charge in [-0.3, -0.25) is 33.6 Å². The Labute approximate surface area is 447 Å². The second kappa shape index (κ2) is 43.1. The van der Waals surface area contributed by atoms with Crippen LogP contribution in [0.4, 0.5) is 0 Å². The minimum atomic E-state index is -1.73. The molecule has 1 aliphatic rings. The van der Waals surface area contributed by atoms with Crippen LogP contribution in [0, 0.1) is 0 Å². The maximum Gasteiger partial charge on any atom is 0.306 e. The zero-order chi connectivity index (χ0) is 55.8. The number of amides is 4. The summed E-state index contributed by atoms with van der Waals surface area (Å²) in [6.45, 7) is 6.48. The van der Waals surface area contributed by atoms with Crippen molar-refractivity contribution in [1.29, 1.82) is 0 Å². The highest BCUT2D eigenvalue weighted by Gasteiger charge is 2.47. The van der Waals surface area contributed by atoms with Crippen molar-refractivity contribution >= 4 is 41.5 Å². The Morgan fingerprint density at radius 3 is 1.44 bits per heavy atom. The molecule has 75 heavy (non-hydrogen) atoms. The number of aliphatic hydroxyl groups is 4. The quantitative estimate of drug-likeness (QED) is 0.0200. The van der Waals surface area contributed by atoms with Crippen LogP contribution < -0.4 is 21.7 Å². The van der Waals surface area contributed by atoms with Crippen LogP contribution in [0.3, 0.4) is 0 Å². The summed E-state index contributed by atoms with van der Waals surface area (Å²) in [6, 6.07) is -4.54. The first-order chi connectivity index (χ1) is 35.9. The molecule has 436 valence electrons. The van der Waals surface area contributed by atoms with Gasteiger partial charge >= 0.3 is 17.9 Å². The highest BCUT2D eigenvalue weighted by Crippen LogP contribution is 2.24. The molecule has 1 fully saturated rings. The van der Waals surface area contributed by atoms with Crippen molar-refractivity contribution in [2.45, 2.75) is 288 Å². The maximum absolute atomic E-state index is 13.4. The molecule has 1 unspecified atom stereocenters. The number of hydrogen-bond donors (Lipinski definition) is 8. The van der Waals surface area contributed by atoms with Gasteiger partial charge in [-0.25, -0.2) is 0 Å². The Morgan fingerprint density at radius 1 is 0.600 bits per heavy atom. The minimum absolute atomic E-state index is 0.141. The van der Waals surface area contributed by atoms with Crippen molar-refractivity contribution in [2.75, 3.05) is 19.8 Å². The normalized spacial score (nSPS) is 19.5. The van der Waals surface area contributed by atoms with E-state index in [4.69, 9.17) is 29.4 Å². The van der Waals surface area contributed by atoms with Gasteiger partial charge in [0.15, 0.2) is 12.4 Å². The third kappa shape index (κ3) is 33.1. The Bertz CT molecular complexity index is 1590. The number of esters is 3. The maximum atomic E-state index is 13.4. The van der Waals surface area contributed by atoms with Crippen LogP contribution in [0.25, 0.3) is 0 Å². The Hall–Kier alpha value is -3.95. The summed E-state index contributed by atoms with van der Waals surface area (Å²) in [6.07, 6.45) is 19.3. The summed E-state index contributed by atoms with van der Waals surface area (Å²) in [7, 11) is 0. The molecule has 1 heterocycles. The van der Waals surface area contributed by atoms with Crippen LogP contribution in [-0.4, -0.2) is 143 Å². The van der Waals surface area contributed by atoms with E-state index in [-0.39, 0.29) is 25.9 Å². The summed E-state index contributed by atoms with van der Waals surface area (Å²) >= 11 is 0. The lowest BCUT2D eigenvalue weighted by Gasteiger charge is -2.43. The van der Waals surface area contributed by atoms with Gasteiger partial charge in [0.25, 0.3) is 0 Å². The first-order valence-electron chi connectivity index (χ1n) is 28.6. The average molecular weight is 1070 g/mol. The smallest absolute Gasteiger partial charge is 0.306 e. The number of primary amides is 1. The molecule has 1 aliphatic heterocycles. The third-order valence-electron chi connectivity index (χ3n) is 13.5. The van der Waals surface area contributed by atoms with Crippen LogP contribution in [-0.2, 0) is 57.2 Å². The van der Waals surface area contributed by atoms with E-state index in [0.717, 1.165) is 51.9 Å². The molecule has 0 radical (unpaired) electrons. The fourth-order valence-electron chi connectivity index (χ4n) is 8.87. The average Bonchev–Trinajstić information content (AvgIpc) is 3.37. The van der Waals surface area contributed by atoms with E-state index in [1.165, 1.54) is 123 Å². The molecule has 0 aliphatic carbocycles. The van der Waals surface area contributed by atoms with Crippen molar-refractivity contribution in [2.24, 2.45) is 5.73 Å². The minimum Gasteiger partial charge on any atom is -0.462 e. The Morgan fingerprint density at radius 2 is 1.03 bits per heavy atom. The van der Waals surface area contributed by atoms with E-state index < -0.39 is 122 Å². The van der Waals surface area contributed by atoms with Crippen LogP contribution in [0.5, 0.6) is 0 Å². The third-order valence-corrected chi connectivity index (χ3v) is 13.5. The zero-order valence-corrected chi connectivity index (χ0v) is 46.4. The van der Waals surface area contributed by atoms with E-state index in [2.05, 4.69) is 29.8 Å². The molecule has 4 amide bonds. The number of nitrogens with two attached hydrogens (primary N) is 1. The zero-order valence-electron chi connectivity index (χ0n) is 46.4. The number of carbonyl (C=O) groups is 7. The highest BCUT2D eigenvalue weighted by atomic mass is 16.6. The molecule has 0 spiro atoms. The van der Waals surface area contributed by atoms with Gasteiger partial charge in [0.2, 0.25) is 23.6 Å². The molecule has 1 rings (SSSR count). The SMILES string of the molecule is CCCCCCCCCCCCCCCC(=O)OC[C@H](COC(=O)CC[C@@H](NC(=O)[C@@H](NC(=O)[C@@H](C)O[C@H]1[C@H](O)[C@@H](CO)OC(O)[C@@H]1NC(C)=O)[C@@H](C)O)C(N)=O)OC(=O)CCCCCCCCCCCCCCC. The molecule has 0 aromatic rings. The molecule has 0 saturated carbocycles. The van der Waals surface area contributed by atoms with Gasteiger partial charge in [0, 0.05) is 26.2 Å². The van der Waals surface area contributed by atoms with E-state index in [1.807, 2.05) is 0 Å². The lowest BCUT2D eigenvalue weighted by Crippen LogP contribution is -2.66. The van der Waals surface area contributed by atoms with Crippen LogP contribution in [0.15, 0.2) is 0 Å². The summed E-state index contributed by atoms with van der Waals surface area (Å²) in [5, 5.41) is 48.2. The first-order valence-corrected chi connectivity index (χ1v) is 28.6. The molecule has 0 aromatic heterocycles.